The Labute approximate surface area is 148 Å². The Morgan fingerprint density at radius 1 is 1.08 bits per heavy atom. The molecular weight excluding hydrogens is 316 g/mol. The highest BCUT2D eigenvalue weighted by Gasteiger charge is 2.23. The zero-order valence-corrected chi connectivity index (χ0v) is 15.0. The smallest absolute Gasteiger partial charge is 0.227 e. The zero-order valence-electron chi connectivity index (χ0n) is 15.0. The zero-order chi connectivity index (χ0) is 17.8. The first-order chi connectivity index (χ1) is 12.1. The van der Waals surface area contributed by atoms with Crippen LogP contribution in [-0.2, 0) is 22.4 Å². The predicted octanol–water partition coefficient (Wildman–Crippen LogP) is 2.14. The third kappa shape index (κ3) is 4.00. The molecule has 0 unspecified atom stereocenters. The number of H-pyrrole nitrogens is 1. The maximum absolute atomic E-state index is 12.6. The number of hydrogen-bond donors (Lipinski definition) is 1. The lowest BCUT2D eigenvalue weighted by Crippen LogP contribution is -2.50. The van der Waals surface area contributed by atoms with Gasteiger partial charge >= 0.3 is 0 Å². The van der Waals surface area contributed by atoms with Crippen molar-refractivity contribution in [3.8, 4) is 0 Å². The Balaban J connectivity index is 1.58. The van der Waals surface area contributed by atoms with Crippen molar-refractivity contribution in [2.75, 3.05) is 26.2 Å². The SMILES string of the molecule is CCCC(=O)N1CCN(C(=O)Cc2ccc3nc(CC)[nH]c3c2)CC1. The average molecular weight is 342 g/mol. The third-order valence-electron chi connectivity index (χ3n) is 4.73. The number of carbonyl (C=O) groups is 2. The second-order valence-electron chi connectivity index (χ2n) is 6.58. The maximum Gasteiger partial charge on any atom is 0.227 e. The summed E-state index contributed by atoms with van der Waals surface area (Å²) in [5, 5.41) is 0. The minimum atomic E-state index is 0.122. The lowest BCUT2D eigenvalue weighted by atomic mass is 10.1. The van der Waals surface area contributed by atoms with Gasteiger partial charge in [0, 0.05) is 39.0 Å². The molecule has 1 N–H and O–H groups in total. The van der Waals surface area contributed by atoms with Gasteiger partial charge in [0.25, 0.3) is 0 Å². The molecule has 0 radical (unpaired) electrons. The molecule has 6 nitrogen and oxygen atoms in total. The van der Waals surface area contributed by atoms with Crippen molar-refractivity contribution in [1.82, 2.24) is 19.8 Å². The molecule has 3 rings (SSSR count). The van der Waals surface area contributed by atoms with Crippen molar-refractivity contribution in [3.63, 3.8) is 0 Å². The number of aromatic amines is 1. The number of imidazole rings is 1. The van der Waals surface area contributed by atoms with E-state index in [0.717, 1.165) is 35.3 Å². The van der Waals surface area contributed by atoms with Crippen molar-refractivity contribution >= 4 is 22.8 Å². The molecule has 1 saturated heterocycles. The first-order valence-electron chi connectivity index (χ1n) is 9.13. The second kappa shape index (κ2) is 7.68. The highest BCUT2D eigenvalue weighted by molar-refractivity contribution is 5.82. The van der Waals surface area contributed by atoms with E-state index in [0.29, 0.717) is 39.0 Å². The summed E-state index contributed by atoms with van der Waals surface area (Å²) in [6.45, 7) is 6.61. The number of benzene rings is 1. The van der Waals surface area contributed by atoms with Crippen LogP contribution >= 0.6 is 0 Å². The topological polar surface area (TPSA) is 69.3 Å². The molecule has 1 aromatic heterocycles. The normalized spacial score (nSPS) is 15.0. The van der Waals surface area contributed by atoms with Gasteiger partial charge in [0.05, 0.1) is 17.5 Å². The first kappa shape index (κ1) is 17.5. The number of rotatable bonds is 5. The van der Waals surface area contributed by atoms with Crippen LogP contribution in [0.1, 0.15) is 38.1 Å². The summed E-state index contributed by atoms with van der Waals surface area (Å²) in [5.41, 5.74) is 2.92. The summed E-state index contributed by atoms with van der Waals surface area (Å²) in [5.74, 6) is 1.29. The fourth-order valence-electron chi connectivity index (χ4n) is 3.25. The fourth-order valence-corrected chi connectivity index (χ4v) is 3.25. The monoisotopic (exact) mass is 342 g/mol. The Morgan fingerprint density at radius 3 is 2.40 bits per heavy atom. The molecule has 0 aliphatic carbocycles. The maximum atomic E-state index is 12.6. The predicted molar refractivity (Wildman–Crippen MR) is 97.2 cm³/mol. The van der Waals surface area contributed by atoms with Crippen LogP contribution in [0, 0.1) is 0 Å². The standard InChI is InChI=1S/C19H26N4O2/c1-3-5-18(24)22-8-10-23(11-9-22)19(25)13-14-6-7-15-16(12-14)21-17(4-2)20-15/h6-7,12H,3-5,8-11,13H2,1-2H3,(H,20,21). The summed E-state index contributed by atoms with van der Waals surface area (Å²) in [6, 6.07) is 5.96. The van der Waals surface area contributed by atoms with Gasteiger partial charge in [-0.25, -0.2) is 4.98 Å². The molecular formula is C19H26N4O2. The highest BCUT2D eigenvalue weighted by Crippen LogP contribution is 2.16. The summed E-state index contributed by atoms with van der Waals surface area (Å²) in [6.07, 6.45) is 2.72. The van der Waals surface area contributed by atoms with Gasteiger partial charge in [0.2, 0.25) is 11.8 Å². The minimum absolute atomic E-state index is 0.122. The van der Waals surface area contributed by atoms with E-state index in [2.05, 4.69) is 16.9 Å². The molecule has 1 aromatic carbocycles. The molecule has 1 aliphatic rings. The van der Waals surface area contributed by atoms with Crippen LogP contribution in [0.3, 0.4) is 0 Å². The number of amides is 2. The first-order valence-corrected chi connectivity index (χ1v) is 9.13. The molecule has 0 atom stereocenters. The van der Waals surface area contributed by atoms with Crippen molar-refractivity contribution in [2.45, 2.75) is 39.5 Å². The molecule has 1 aliphatic heterocycles. The minimum Gasteiger partial charge on any atom is -0.342 e. The van der Waals surface area contributed by atoms with Gasteiger partial charge in [-0.05, 0) is 24.1 Å². The van der Waals surface area contributed by atoms with Gasteiger partial charge < -0.3 is 14.8 Å². The van der Waals surface area contributed by atoms with Gasteiger partial charge in [-0.2, -0.15) is 0 Å². The van der Waals surface area contributed by atoms with E-state index in [1.165, 1.54) is 0 Å². The number of piperazine rings is 1. The van der Waals surface area contributed by atoms with Gasteiger partial charge in [0.15, 0.2) is 0 Å². The summed E-state index contributed by atoms with van der Waals surface area (Å²) in [4.78, 5) is 36.0. The lowest BCUT2D eigenvalue weighted by Gasteiger charge is -2.35. The summed E-state index contributed by atoms with van der Waals surface area (Å²) >= 11 is 0. The molecule has 6 heteroatoms. The van der Waals surface area contributed by atoms with E-state index in [1.54, 1.807) is 0 Å². The molecule has 1 fully saturated rings. The lowest BCUT2D eigenvalue weighted by molar-refractivity contribution is -0.139. The van der Waals surface area contributed by atoms with Gasteiger partial charge in [-0.1, -0.05) is 19.9 Å². The number of nitrogens with one attached hydrogen (secondary N) is 1. The quantitative estimate of drug-likeness (QED) is 0.905. The van der Waals surface area contributed by atoms with Gasteiger partial charge in [-0.15, -0.1) is 0 Å². The van der Waals surface area contributed by atoms with Crippen LogP contribution in [0.5, 0.6) is 0 Å². The molecule has 0 saturated carbocycles. The van der Waals surface area contributed by atoms with E-state index in [-0.39, 0.29) is 11.8 Å². The Morgan fingerprint density at radius 2 is 1.76 bits per heavy atom. The second-order valence-corrected chi connectivity index (χ2v) is 6.58. The average Bonchev–Trinajstić information content (AvgIpc) is 3.04. The third-order valence-corrected chi connectivity index (χ3v) is 4.73. The van der Waals surface area contributed by atoms with Crippen molar-refractivity contribution in [2.24, 2.45) is 0 Å². The van der Waals surface area contributed by atoms with Crippen molar-refractivity contribution < 1.29 is 9.59 Å². The number of hydrogen-bond acceptors (Lipinski definition) is 3. The number of aryl methyl sites for hydroxylation is 1. The number of fused-ring (bicyclic) bond motifs is 1. The van der Waals surface area contributed by atoms with E-state index in [9.17, 15) is 9.59 Å². The molecule has 134 valence electrons. The number of aromatic nitrogens is 2. The molecule has 0 spiro atoms. The largest absolute Gasteiger partial charge is 0.342 e. The van der Waals surface area contributed by atoms with E-state index in [4.69, 9.17) is 0 Å². The number of nitrogens with zero attached hydrogens (tertiary/aromatic N) is 3. The number of carbonyl (C=O) groups excluding carboxylic acids is 2. The molecule has 0 bridgehead atoms. The Kier molecular flexibility index (Phi) is 5.36. The van der Waals surface area contributed by atoms with Crippen LogP contribution in [0.2, 0.25) is 0 Å². The summed E-state index contributed by atoms with van der Waals surface area (Å²) < 4.78 is 0. The Hall–Kier alpha value is -2.37. The molecule has 25 heavy (non-hydrogen) atoms. The van der Waals surface area contributed by atoms with Crippen LogP contribution in [0.15, 0.2) is 18.2 Å². The van der Waals surface area contributed by atoms with Gasteiger partial charge in [0.1, 0.15) is 5.82 Å². The molecule has 2 heterocycles. The van der Waals surface area contributed by atoms with Crippen molar-refractivity contribution in [1.29, 1.82) is 0 Å². The molecule has 2 aromatic rings. The van der Waals surface area contributed by atoms with Crippen LogP contribution in [-0.4, -0.2) is 57.8 Å². The van der Waals surface area contributed by atoms with Crippen LogP contribution in [0.4, 0.5) is 0 Å². The van der Waals surface area contributed by atoms with E-state index >= 15 is 0 Å². The summed E-state index contributed by atoms with van der Waals surface area (Å²) in [7, 11) is 0. The van der Waals surface area contributed by atoms with Gasteiger partial charge in [-0.3, -0.25) is 9.59 Å². The fraction of sp³-hybridized carbons (Fsp3) is 0.526. The van der Waals surface area contributed by atoms with Crippen LogP contribution in [0.25, 0.3) is 11.0 Å². The highest BCUT2D eigenvalue weighted by atomic mass is 16.2. The molecule has 2 amide bonds. The Bertz CT molecular complexity index is 760. The van der Waals surface area contributed by atoms with Crippen LogP contribution < -0.4 is 0 Å². The van der Waals surface area contributed by atoms with E-state index < -0.39 is 0 Å². The van der Waals surface area contributed by atoms with Crippen molar-refractivity contribution in [3.05, 3.63) is 29.6 Å². The van der Waals surface area contributed by atoms with E-state index in [1.807, 2.05) is 34.9 Å².